The van der Waals surface area contributed by atoms with Crippen molar-refractivity contribution in [2.75, 3.05) is 6.54 Å². The molecule has 0 saturated carbocycles. The standard InChI is InChI=1S/C17H15FN2O3/c18-13-4-1-11(2-5-13)10-16(21)19-8-7-12-3-6-15-14(9-12)20-17(22)23-15/h1-6,9H,7-8,10H2,(H,19,21)(H,20,22). The van der Waals surface area contributed by atoms with E-state index in [9.17, 15) is 14.0 Å². The second-order valence-corrected chi connectivity index (χ2v) is 5.25. The number of oxazole rings is 1. The molecule has 1 heterocycles. The van der Waals surface area contributed by atoms with Crippen molar-refractivity contribution in [1.82, 2.24) is 10.3 Å². The van der Waals surface area contributed by atoms with Gasteiger partial charge in [0.25, 0.3) is 0 Å². The fourth-order valence-corrected chi connectivity index (χ4v) is 2.35. The van der Waals surface area contributed by atoms with Crippen molar-refractivity contribution in [1.29, 1.82) is 0 Å². The summed E-state index contributed by atoms with van der Waals surface area (Å²) in [5.41, 5.74) is 2.90. The van der Waals surface area contributed by atoms with Gasteiger partial charge >= 0.3 is 5.76 Å². The molecule has 2 aromatic carbocycles. The first-order chi connectivity index (χ1) is 11.1. The fourth-order valence-electron chi connectivity index (χ4n) is 2.35. The number of benzene rings is 2. The summed E-state index contributed by atoms with van der Waals surface area (Å²) < 4.78 is 17.7. The Hall–Kier alpha value is -2.89. The van der Waals surface area contributed by atoms with E-state index in [1.54, 1.807) is 18.2 Å². The third-order valence-corrected chi connectivity index (χ3v) is 3.50. The first-order valence-corrected chi connectivity index (χ1v) is 7.23. The molecule has 0 bridgehead atoms. The average Bonchev–Trinajstić information content (AvgIpc) is 2.89. The van der Waals surface area contributed by atoms with Gasteiger partial charge in [-0.05, 0) is 41.8 Å². The van der Waals surface area contributed by atoms with Crippen molar-refractivity contribution in [3.05, 3.63) is 70.0 Å². The molecule has 3 rings (SSSR count). The molecule has 0 aliphatic carbocycles. The number of carbonyl (C=O) groups excluding carboxylic acids is 1. The molecule has 0 aliphatic rings. The highest BCUT2D eigenvalue weighted by Gasteiger charge is 2.05. The topological polar surface area (TPSA) is 75.1 Å². The SMILES string of the molecule is O=C(Cc1ccc(F)cc1)NCCc1ccc2oc(=O)[nH]c2c1. The lowest BCUT2D eigenvalue weighted by Crippen LogP contribution is -2.27. The minimum absolute atomic E-state index is 0.116. The molecule has 2 N–H and O–H groups in total. The van der Waals surface area contributed by atoms with Gasteiger partial charge in [-0.2, -0.15) is 0 Å². The number of fused-ring (bicyclic) bond motifs is 1. The molecule has 6 heteroatoms. The molecule has 0 unspecified atom stereocenters. The summed E-state index contributed by atoms with van der Waals surface area (Å²) in [7, 11) is 0. The lowest BCUT2D eigenvalue weighted by Gasteiger charge is -2.05. The van der Waals surface area contributed by atoms with E-state index in [0.717, 1.165) is 11.1 Å². The van der Waals surface area contributed by atoms with E-state index in [1.165, 1.54) is 12.1 Å². The Labute approximate surface area is 131 Å². The highest BCUT2D eigenvalue weighted by atomic mass is 19.1. The number of aromatic nitrogens is 1. The minimum Gasteiger partial charge on any atom is -0.408 e. The second kappa shape index (κ2) is 6.48. The van der Waals surface area contributed by atoms with Gasteiger partial charge in [0, 0.05) is 6.54 Å². The Morgan fingerprint density at radius 3 is 2.65 bits per heavy atom. The van der Waals surface area contributed by atoms with Crippen molar-refractivity contribution >= 4 is 17.0 Å². The van der Waals surface area contributed by atoms with Gasteiger partial charge < -0.3 is 9.73 Å². The number of nitrogens with one attached hydrogen (secondary N) is 2. The zero-order chi connectivity index (χ0) is 16.2. The van der Waals surface area contributed by atoms with E-state index in [0.29, 0.717) is 24.1 Å². The molecule has 0 saturated heterocycles. The largest absolute Gasteiger partial charge is 0.417 e. The molecular weight excluding hydrogens is 299 g/mol. The van der Waals surface area contributed by atoms with Crippen LogP contribution in [0.5, 0.6) is 0 Å². The highest BCUT2D eigenvalue weighted by Crippen LogP contribution is 2.12. The van der Waals surface area contributed by atoms with Crippen molar-refractivity contribution in [2.24, 2.45) is 0 Å². The number of H-pyrrole nitrogens is 1. The molecule has 0 atom stereocenters. The molecule has 1 aromatic heterocycles. The smallest absolute Gasteiger partial charge is 0.408 e. The molecule has 0 radical (unpaired) electrons. The fraction of sp³-hybridized carbons (Fsp3) is 0.176. The van der Waals surface area contributed by atoms with Crippen LogP contribution in [-0.2, 0) is 17.6 Å². The zero-order valence-corrected chi connectivity index (χ0v) is 12.3. The van der Waals surface area contributed by atoms with Crippen molar-refractivity contribution in [3.63, 3.8) is 0 Å². The van der Waals surface area contributed by atoms with Crippen molar-refractivity contribution < 1.29 is 13.6 Å². The predicted octanol–water partition coefficient (Wildman–Crippen LogP) is 2.16. The molecular formula is C17H15FN2O3. The van der Waals surface area contributed by atoms with Gasteiger partial charge in [0.05, 0.1) is 11.9 Å². The summed E-state index contributed by atoms with van der Waals surface area (Å²) in [4.78, 5) is 25.5. The van der Waals surface area contributed by atoms with Crippen LogP contribution in [-0.4, -0.2) is 17.4 Å². The minimum atomic E-state index is -0.482. The number of amides is 1. The second-order valence-electron chi connectivity index (χ2n) is 5.25. The zero-order valence-electron chi connectivity index (χ0n) is 12.3. The normalized spacial score (nSPS) is 10.8. The summed E-state index contributed by atoms with van der Waals surface area (Å²) in [6.45, 7) is 0.480. The quantitative estimate of drug-likeness (QED) is 0.758. The molecule has 23 heavy (non-hydrogen) atoms. The van der Waals surface area contributed by atoms with Crippen LogP contribution < -0.4 is 11.1 Å². The molecule has 0 aliphatic heterocycles. The van der Waals surface area contributed by atoms with E-state index in [4.69, 9.17) is 4.42 Å². The maximum absolute atomic E-state index is 12.8. The number of hydrogen-bond acceptors (Lipinski definition) is 3. The Bertz CT molecular complexity index is 881. The van der Waals surface area contributed by atoms with Gasteiger partial charge in [-0.1, -0.05) is 18.2 Å². The van der Waals surface area contributed by atoms with Crippen LogP contribution in [0.3, 0.4) is 0 Å². The molecule has 0 fully saturated rings. The predicted molar refractivity (Wildman–Crippen MR) is 83.7 cm³/mol. The molecule has 0 spiro atoms. The number of rotatable bonds is 5. The van der Waals surface area contributed by atoms with Gasteiger partial charge in [-0.25, -0.2) is 9.18 Å². The van der Waals surface area contributed by atoms with Crippen LogP contribution in [0.4, 0.5) is 4.39 Å². The van der Waals surface area contributed by atoms with Gasteiger partial charge in [0.1, 0.15) is 5.82 Å². The lowest BCUT2D eigenvalue weighted by molar-refractivity contribution is -0.120. The van der Waals surface area contributed by atoms with Crippen LogP contribution in [0.15, 0.2) is 51.7 Å². The molecule has 3 aromatic rings. The highest BCUT2D eigenvalue weighted by molar-refractivity contribution is 5.78. The van der Waals surface area contributed by atoms with Crippen LogP contribution in [0.25, 0.3) is 11.1 Å². The molecule has 5 nitrogen and oxygen atoms in total. The summed E-state index contributed by atoms with van der Waals surface area (Å²) in [6.07, 6.45) is 0.854. The lowest BCUT2D eigenvalue weighted by atomic mass is 10.1. The monoisotopic (exact) mass is 314 g/mol. The maximum atomic E-state index is 12.8. The van der Waals surface area contributed by atoms with Crippen LogP contribution in [0.2, 0.25) is 0 Å². The van der Waals surface area contributed by atoms with Gasteiger partial charge in [0.2, 0.25) is 5.91 Å². The van der Waals surface area contributed by atoms with Crippen molar-refractivity contribution in [2.45, 2.75) is 12.8 Å². The van der Waals surface area contributed by atoms with Crippen molar-refractivity contribution in [3.8, 4) is 0 Å². The van der Waals surface area contributed by atoms with Crippen LogP contribution >= 0.6 is 0 Å². The Kier molecular flexibility index (Phi) is 4.23. The first-order valence-electron chi connectivity index (χ1n) is 7.23. The number of aromatic amines is 1. The molecule has 1 amide bonds. The third-order valence-electron chi connectivity index (χ3n) is 3.50. The Morgan fingerprint density at radius 1 is 1.13 bits per heavy atom. The summed E-state index contributed by atoms with van der Waals surface area (Å²) in [5, 5.41) is 2.82. The summed E-state index contributed by atoms with van der Waals surface area (Å²) in [6, 6.07) is 11.3. The van der Waals surface area contributed by atoms with Gasteiger partial charge in [-0.15, -0.1) is 0 Å². The van der Waals surface area contributed by atoms with E-state index in [2.05, 4.69) is 10.3 Å². The van der Waals surface area contributed by atoms with Gasteiger partial charge in [0.15, 0.2) is 5.58 Å². The van der Waals surface area contributed by atoms with E-state index >= 15 is 0 Å². The van der Waals surface area contributed by atoms with E-state index < -0.39 is 5.76 Å². The Morgan fingerprint density at radius 2 is 1.87 bits per heavy atom. The van der Waals surface area contributed by atoms with E-state index in [-0.39, 0.29) is 18.1 Å². The van der Waals surface area contributed by atoms with Crippen LogP contribution in [0, 0.1) is 5.82 Å². The van der Waals surface area contributed by atoms with Gasteiger partial charge in [-0.3, -0.25) is 9.78 Å². The number of carbonyl (C=O) groups is 1. The maximum Gasteiger partial charge on any atom is 0.417 e. The Balaban J connectivity index is 1.52. The first kappa shape index (κ1) is 15.0. The number of hydrogen-bond donors (Lipinski definition) is 2. The summed E-state index contributed by atoms with van der Waals surface area (Å²) in [5.74, 6) is -0.916. The average molecular weight is 314 g/mol. The molecule has 118 valence electrons. The van der Waals surface area contributed by atoms with Crippen LogP contribution in [0.1, 0.15) is 11.1 Å². The third kappa shape index (κ3) is 3.85. The summed E-state index contributed by atoms with van der Waals surface area (Å²) >= 11 is 0. The van der Waals surface area contributed by atoms with E-state index in [1.807, 2.05) is 12.1 Å². The number of halogens is 1.